The topological polar surface area (TPSA) is 3.24 Å². The van der Waals surface area contributed by atoms with Gasteiger partial charge < -0.3 is 4.90 Å². The number of benzene rings is 1. The lowest BCUT2D eigenvalue weighted by molar-refractivity contribution is 0.571. The SMILES string of the molecule is CC(C)(C)c1cc(F)ccc1N1CCCC1. The summed E-state index contributed by atoms with van der Waals surface area (Å²) in [4.78, 5) is 2.38. The van der Waals surface area contributed by atoms with Gasteiger partial charge in [-0.2, -0.15) is 0 Å². The maximum Gasteiger partial charge on any atom is 0.123 e. The first kappa shape index (κ1) is 11.4. The Morgan fingerprint density at radius 1 is 1.12 bits per heavy atom. The van der Waals surface area contributed by atoms with Crippen LogP contribution in [0.4, 0.5) is 10.1 Å². The Morgan fingerprint density at radius 2 is 1.75 bits per heavy atom. The Morgan fingerprint density at radius 3 is 2.31 bits per heavy atom. The van der Waals surface area contributed by atoms with Crippen LogP contribution in [0.5, 0.6) is 0 Å². The van der Waals surface area contributed by atoms with E-state index in [2.05, 4.69) is 25.7 Å². The molecular formula is C14H20FN. The molecule has 0 unspecified atom stereocenters. The largest absolute Gasteiger partial charge is 0.371 e. The zero-order valence-electron chi connectivity index (χ0n) is 10.4. The minimum atomic E-state index is -0.132. The quantitative estimate of drug-likeness (QED) is 0.698. The van der Waals surface area contributed by atoms with Gasteiger partial charge in [0.1, 0.15) is 5.82 Å². The van der Waals surface area contributed by atoms with Gasteiger partial charge in [-0.3, -0.25) is 0 Å². The number of anilines is 1. The first-order valence-electron chi connectivity index (χ1n) is 6.03. The van der Waals surface area contributed by atoms with Gasteiger partial charge in [0.15, 0.2) is 0 Å². The summed E-state index contributed by atoms with van der Waals surface area (Å²) in [7, 11) is 0. The van der Waals surface area contributed by atoms with E-state index in [0.717, 1.165) is 18.7 Å². The van der Waals surface area contributed by atoms with Gasteiger partial charge in [0.25, 0.3) is 0 Å². The lowest BCUT2D eigenvalue weighted by Gasteiger charge is -2.28. The molecule has 1 aromatic carbocycles. The molecule has 0 aliphatic carbocycles. The van der Waals surface area contributed by atoms with Gasteiger partial charge in [-0.05, 0) is 42.0 Å². The Bertz CT molecular complexity index is 373. The molecule has 0 spiro atoms. The average Bonchev–Trinajstić information content (AvgIpc) is 2.69. The molecular weight excluding hydrogens is 201 g/mol. The summed E-state index contributed by atoms with van der Waals surface area (Å²) in [5, 5.41) is 0. The van der Waals surface area contributed by atoms with Crippen molar-refractivity contribution >= 4 is 5.69 Å². The third-order valence-corrected chi connectivity index (χ3v) is 3.21. The molecule has 16 heavy (non-hydrogen) atoms. The predicted molar refractivity (Wildman–Crippen MR) is 66.5 cm³/mol. The summed E-state index contributed by atoms with van der Waals surface area (Å²) in [5.74, 6) is -0.132. The van der Waals surface area contributed by atoms with E-state index in [1.165, 1.54) is 18.5 Å². The third kappa shape index (κ3) is 2.21. The average molecular weight is 221 g/mol. The van der Waals surface area contributed by atoms with Crippen LogP contribution in [0.1, 0.15) is 39.2 Å². The molecule has 1 aliphatic heterocycles. The van der Waals surface area contributed by atoms with Gasteiger partial charge in [-0.25, -0.2) is 4.39 Å². The van der Waals surface area contributed by atoms with Crippen molar-refractivity contribution in [2.24, 2.45) is 0 Å². The van der Waals surface area contributed by atoms with E-state index in [1.54, 1.807) is 12.1 Å². The summed E-state index contributed by atoms with van der Waals surface area (Å²) < 4.78 is 13.3. The molecule has 0 saturated carbocycles. The Labute approximate surface area is 97.3 Å². The summed E-state index contributed by atoms with van der Waals surface area (Å²) in [6.07, 6.45) is 2.50. The van der Waals surface area contributed by atoms with Crippen molar-refractivity contribution in [1.29, 1.82) is 0 Å². The minimum Gasteiger partial charge on any atom is -0.371 e. The number of nitrogens with zero attached hydrogens (tertiary/aromatic N) is 1. The summed E-state index contributed by atoms with van der Waals surface area (Å²) in [6, 6.07) is 5.19. The number of halogens is 1. The van der Waals surface area contributed by atoms with Gasteiger partial charge in [-0.1, -0.05) is 20.8 Å². The van der Waals surface area contributed by atoms with Gasteiger partial charge in [0.2, 0.25) is 0 Å². The smallest absolute Gasteiger partial charge is 0.123 e. The Balaban J connectivity index is 2.43. The van der Waals surface area contributed by atoms with Crippen LogP contribution in [0.2, 0.25) is 0 Å². The van der Waals surface area contributed by atoms with Crippen LogP contribution in [0.15, 0.2) is 18.2 Å². The van der Waals surface area contributed by atoms with Gasteiger partial charge in [-0.15, -0.1) is 0 Å². The van der Waals surface area contributed by atoms with Crippen molar-refractivity contribution < 1.29 is 4.39 Å². The molecule has 0 radical (unpaired) electrons. The molecule has 1 saturated heterocycles. The monoisotopic (exact) mass is 221 g/mol. The van der Waals surface area contributed by atoms with Crippen LogP contribution in [-0.2, 0) is 5.41 Å². The van der Waals surface area contributed by atoms with Crippen molar-refractivity contribution in [3.63, 3.8) is 0 Å². The summed E-state index contributed by atoms with van der Waals surface area (Å²) in [5.41, 5.74) is 2.33. The molecule has 1 heterocycles. The van der Waals surface area contributed by atoms with Crippen LogP contribution < -0.4 is 4.90 Å². The normalized spacial score (nSPS) is 16.9. The maximum atomic E-state index is 13.3. The lowest BCUT2D eigenvalue weighted by Crippen LogP contribution is -2.23. The Kier molecular flexibility index (Phi) is 2.92. The number of hydrogen-bond acceptors (Lipinski definition) is 1. The fourth-order valence-corrected chi connectivity index (χ4v) is 2.34. The van der Waals surface area contributed by atoms with Crippen molar-refractivity contribution in [2.45, 2.75) is 39.0 Å². The molecule has 2 rings (SSSR count). The summed E-state index contributed by atoms with van der Waals surface area (Å²) in [6.45, 7) is 8.63. The molecule has 0 atom stereocenters. The van der Waals surface area contributed by atoms with E-state index in [0.29, 0.717) is 0 Å². The molecule has 0 bridgehead atoms. The van der Waals surface area contributed by atoms with Crippen molar-refractivity contribution in [2.75, 3.05) is 18.0 Å². The first-order chi connectivity index (χ1) is 7.48. The van der Waals surface area contributed by atoms with Gasteiger partial charge in [0.05, 0.1) is 0 Å². The van der Waals surface area contributed by atoms with Gasteiger partial charge in [0, 0.05) is 18.8 Å². The molecule has 0 aromatic heterocycles. The van der Waals surface area contributed by atoms with Crippen LogP contribution in [-0.4, -0.2) is 13.1 Å². The molecule has 1 nitrogen and oxygen atoms in total. The highest BCUT2D eigenvalue weighted by molar-refractivity contribution is 5.57. The number of hydrogen-bond donors (Lipinski definition) is 0. The van der Waals surface area contributed by atoms with E-state index < -0.39 is 0 Å². The van der Waals surface area contributed by atoms with Crippen LogP contribution >= 0.6 is 0 Å². The van der Waals surface area contributed by atoms with E-state index >= 15 is 0 Å². The zero-order valence-corrected chi connectivity index (χ0v) is 10.4. The predicted octanol–water partition coefficient (Wildman–Crippen LogP) is 3.72. The van der Waals surface area contributed by atoms with E-state index in [4.69, 9.17) is 0 Å². The molecule has 1 aliphatic rings. The van der Waals surface area contributed by atoms with E-state index in [-0.39, 0.29) is 11.2 Å². The van der Waals surface area contributed by atoms with Crippen molar-refractivity contribution in [1.82, 2.24) is 0 Å². The highest BCUT2D eigenvalue weighted by atomic mass is 19.1. The van der Waals surface area contributed by atoms with Gasteiger partial charge >= 0.3 is 0 Å². The highest BCUT2D eigenvalue weighted by Gasteiger charge is 2.23. The minimum absolute atomic E-state index is 0.0000231. The first-order valence-corrected chi connectivity index (χ1v) is 6.03. The van der Waals surface area contributed by atoms with E-state index in [1.807, 2.05) is 6.07 Å². The van der Waals surface area contributed by atoms with Crippen LogP contribution in [0.25, 0.3) is 0 Å². The molecule has 0 amide bonds. The lowest BCUT2D eigenvalue weighted by atomic mass is 9.85. The van der Waals surface area contributed by atoms with Crippen molar-refractivity contribution in [3.8, 4) is 0 Å². The second-order valence-electron chi connectivity index (χ2n) is 5.61. The van der Waals surface area contributed by atoms with Crippen LogP contribution in [0, 0.1) is 5.82 Å². The van der Waals surface area contributed by atoms with Crippen molar-refractivity contribution in [3.05, 3.63) is 29.6 Å². The third-order valence-electron chi connectivity index (χ3n) is 3.21. The van der Waals surface area contributed by atoms with E-state index in [9.17, 15) is 4.39 Å². The standard InChI is InChI=1S/C14H20FN/c1-14(2,3)12-10-11(15)6-7-13(12)16-8-4-5-9-16/h6-7,10H,4-5,8-9H2,1-3H3. The highest BCUT2D eigenvalue weighted by Crippen LogP contribution is 2.34. The molecule has 1 aromatic rings. The molecule has 88 valence electrons. The fourth-order valence-electron chi connectivity index (χ4n) is 2.34. The van der Waals surface area contributed by atoms with Crippen LogP contribution in [0.3, 0.4) is 0 Å². The summed E-state index contributed by atoms with van der Waals surface area (Å²) >= 11 is 0. The second kappa shape index (κ2) is 4.08. The molecule has 2 heteroatoms. The molecule has 0 N–H and O–H groups in total. The fraction of sp³-hybridized carbons (Fsp3) is 0.571. The number of rotatable bonds is 1. The second-order valence-corrected chi connectivity index (χ2v) is 5.61. The Hall–Kier alpha value is -1.05. The molecule has 1 fully saturated rings. The maximum absolute atomic E-state index is 13.3. The zero-order chi connectivity index (χ0) is 11.8.